The Hall–Kier alpha value is -2.44. The lowest BCUT2D eigenvalue weighted by atomic mass is 9.98. The summed E-state index contributed by atoms with van der Waals surface area (Å²) >= 11 is 1.15. The van der Waals surface area contributed by atoms with Crippen LogP contribution in [0.4, 0.5) is 14.5 Å². The molecule has 0 fully saturated rings. The van der Waals surface area contributed by atoms with Gasteiger partial charge in [0.15, 0.2) is 0 Å². The van der Waals surface area contributed by atoms with Crippen molar-refractivity contribution in [1.29, 1.82) is 0 Å². The number of nitrogens with one attached hydrogen (secondary N) is 1. The Labute approximate surface area is 154 Å². The molecule has 2 aromatic carbocycles. The third-order valence-electron chi connectivity index (χ3n) is 3.90. The lowest BCUT2D eigenvalue weighted by molar-refractivity contribution is -0.157. The van der Waals surface area contributed by atoms with Crippen molar-refractivity contribution in [2.45, 2.75) is 17.5 Å². The van der Waals surface area contributed by atoms with E-state index >= 15 is 0 Å². The van der Waals surface area contributed by atoms with E-state index in [0.717, 1.165) is 17.3 Å². The third kappa shape index (κ3) is 4.20. The number of carbonyl (C=O) groups is 1. The Morgan fingerprint density at radius 3 is 2.42 bits per heavy atom. The van der Waals surface area contributed by atoms with Crippen LogP contribution >= 0.6 is 11.8 Å². The summed E-state index contributed by atoms with van der Waals surface area (Å²) in [7, 11) is 0. The number of hydrogen-bond donors (Lipinski definition) is 1. The second kappa shape index (κ2) is 8.29. The second-order valence-corrected chi connectivity index (χ2v) is 6.80. The lowest BCUT2D eigenvalue weighted by Gasteiger charge is -2.30. The molecule has 3 rings (SSSR count). The van der Waals surface area contributed by atoms with E-state index in [9.17, 15) is 13.6 Å². The van der Waals surface area contributed by atoms with Gasteiger partial charge < -0.3 is 10.1 Å². The number of amides is 1. The molecule has 0 bridgehead atoms. The van der Waals surface area contributed by atoms with Gasteiger partial charge in [-0.05, 0) is 29.2 Å². The molecule has 1 heterocycles. The SMILES string of the molecule is O=C(Nc1ccccc1)C1(/C=C/c2ccccc2)SC=CC1OC(F)F. The van der Waals surface area contributed by atoms with E-state index in [1.807, 2.05) is 36.4 Å². The van der Waals surface area contributed by atoms with Crippen molar-refractivity contribution < 1.29 is 18.3 Å². The quantitative estimate of drug-likeness (QED) is 0.779. The molecule has 134 valence electrons. The van der Waals surface area contributed by atoms with Crippen LogP contribution in [0.2, 0.25) is 0 Å². The summed E-state index contributed by atoms with van der Waals surface area (Å²) in [6.45, 7) is -2.97. The molecule has 26 heavy (non-hydrogen) atoms. The fourth-order valence-electron chi connectivity index (χ4n) is 2.62. The van der Waals surface area contributed by atoms with Gasteiger partial charge in [-0.2, -0.15) is 8.78 Å². The van der Waals surface area contributed by atoms with E-state index in [-0.39, 0.29) is 0 Å². The highest BCUT2D eigenvalue weighted by Crippen LogP contribution is 2.42. The van der Waals surface area contributed by atoms with Crippen LogP contribution in [0.3, 0.4) is 0 Å². The third-order valence-corrected chi connectivity index (χ3v) is 5.14. The number of para-hydroxylation sites is 1. The molecule has 0 saturated heterocycles. The smallest absolute Gasteiger partial charge is 0.324 e. The minimum Gasteiger partial charge on any atom is -0.324 e. The molecule has 1 amide bonds. The predicted octanol–water partition coefficient (Wildman–Crippen LogP) is 4.95. The van der Waals surface area contributed by atoms with Gasteiger partial charge >= 0.3 is 6.61 Å². The van der Waals surface area contributed by atoms with Crippen molar-refractivity contribution in [3.8, 4) is 0 Å². The molecule has 2 aromatic rings. The Morgan fingerprint density at radius 2 is 1.77 bits per heavy atom. The summed E-state index contributed by atoms with van der Waals surface area (Å²) in [6.07, 6.45) is 3.78. The molecule has 0 spiro atoms. The minimum atomic E-state index is -2.97. The number of rotatable bonds is 6. The van der Waals surface area contributed by atoms with Crippen molar-refractivity contribution in [3.63, 3.8) is 0 Å². The molecule has 0 saturated carbocycles. The van der Waals surface area contributed by atoms with Crippen LogP contribution < -0.4 is 5.32 Å². The fraction of sp³-hybridized carbons (Fsp3) is 0.150. The molecule has 6 heteroatoms. The zero-order valence-corrected chi connectivity index (χ0v) is 14.5. The molecule has 3 nitrogen and oxygen atoms in total. The molecule has 1 aliphatic rings. The van der Waals surface area contributed by atoms with Gasteiger partial charge in [0.25, 0.3) is 0 Å². The number of alkyl halides is 2. The highest BCUT2D eigenvalue weighted by molar-refractivity contribution is 8.04. The average Bonchev–Trinajstić information content (AvgIpc) is 3.05. The van der Waals surface area contributed by atoms with E-state index in [2.05, 4.69) is 5.32 Å². The van der Waals surface area contributed by atoms with Crippen LogP contribution in [0.1, 0.15) is 5.56 Å². The second-order valence-electron chi connectivity index (χ2n) is 5.62. The molecule has 2 atom stereocenters. The van der Waals surface area contributed by atoms with E-state index in [1.54, 1.807) is 41.8 Å². The highest BCUT2D eigenvalue weighted by atomic mass is 32.2. The van der Waals surface area contributed by atoms with Crippen molar-refractivity contribution in [1.82, 2.24) is 0 Å². The molecule has 1 N–H and O–H groups in total. The number of halogens is 2. The number of hydrogen-bond acceptors (Lipinski definition) is 3. The Bertz CT molecular complexity index is 796. The van der Waals surface area contributed by atoms with Crippen LogP contribution in [0.15, 0.2) is 78.2 Å². The predicted molar refractivity (Wildman–Crippen MR) is 101 cm³/mol. The monoisotopic (exact) mass is 373 g/mol. The first kappa shape index (κ1) is 18.4. The van der Waals surface area contributed by atoms with Crippen molar-refractivity contribution in [2.75, 3.05) is 5.32 Å². The molecule has 0 radical (unpaired) electrons. The highest BCUT2D eigenvalue weighted by Gasteiger charge is 2.47. The Balaban J connectivity index is 1.91. The van der Waals surface area contributed by atoms with Crippen molar-refractivity contribution in [2.24, 2.45) is 0 Å². The molecule has 2 unspecified atom stereocenters. The first-order valence-corrected chi connectivity index (χ1v) is 8.87. The van der Waals surface area contributed by atoms with Crippen molar-refractivity contribution in [3.05, 3.63) is 83.8 Å². The summed E-state index contributed by atoms with van der Waals surface area (Å²) in [5, 5.41) is 4.41. The molecular weight excluding hydrogens is 356 g/mol. The standard InChI is InChI=1S/C20H17F2NO2S/c21-19(22)25-17-12-14-26-20(17,13-11-15-7-3-1-4-8-15)18(24)23-16-9-5-2-6-10-16/h1-14,17,19H,(H,23,24)/b13-11+. The lowest BCUT2D eigenvalue weighted by Crippen LogP contribution is -2.47. The zero-order chi connectivity index (χ0) is 18.4. The van der Waals surface area contributed by atoms with Gasteiger partial charge in [0.2, 0.25) is 5.91 Å². The van der Waals surface area contributed by atoms with E-state index in [0.29, 0.717) is 5.69 Å². The molecule has 0 aliphatic carbocycles. The number of ether oxygens (including phenoxy) is 1. The van der Waals surface area contributed by atoms with Gasteiger partial charge in [-0.15, -0.1) is 11.8 Å². The number of thioether (sulfide) groups is 1. The summed E-state index contributed by atoms with van der Waals surface area (Å²) in [5.74, 6) is -0.420. The number of anilines is 1. The maximum atomic E-state index is 13.0. The minimum absolute atomic E-state index is 0.420. The summed E-state index contributed by atoms with van der Waals surface area (Å²) in [6, 6.07) is 18.2. The summed E-state index contributed by atoms with van der Waals surface area (Å²) in [4.78, 5) is 13.0. The van der Waals surface area contributed by atoms with Crippen molar-refractivity contribution >= 4 is 29.4 Å². The van der Waals surface area contributed by atoms with Crippen LogP contribution in [0.25, 0.3) is 6.08 Å². The maximum absolute atomic E-state index is 13.0. The first-order chi connectivity index (χ1) is 12.6. The van der Waals surface area contributed by atoms with Gasteiger partial charge in [0.05, 0.1) is 0 Å². The fourth-order valence-corrected chi connectivity index (χ4v) is 3.64. The van der Waals surface area contributed by atoms with Crippen LogP contribution in [0.5, 0.6) is 0 Å². The molecule has 0 aromatic heterocycles. The summed E-state index contributed by atoms with van der Waals surface area (Å²) < 4.78 is 29.1. The topological polar surface area (TPSA) is 38.3 Å². The largest absolute Gasteiger partial charge is 0.345 e. The van der Waals surface area contributed by atoms with Gasteiger partial charge in [-0.1, -0.05) is 60.7 Å². The van der Waals surface area contributed by atoms with Gasteiger partial charge in [0.1, 0.15) is 10.9 Å². The number of carbonyl (C=O) groups excluding carboxylic acids is 1. The normalized spacial score (nSPS) is 22.2. The van der Waals surface area contributed by atoms with Crippen LogP contribution in [-0.4, -0.2) is 23.4 Å². The Morgan fingerprint density at radius 1 is 1.12 bits per heavy atom. The summed E-state index contributed by atoms with van der Waals surface area (Å²) in [5.41, 5.74) is 1.45. The Kier molecular flexibility index (Phi) is 5.85. The van der Waals surface area contributed by atoms with Gasteiger partial charge in [0, 0.05) is 5.69 Å². The van der Waals surface area contributed by atoms with Crippen LogP contribution in [-0.2, 0) is 9.53 Å². The van der Waals surface area contributed by atoms with E-state index in [1.165, 1.54) is 6.08 Å². The number of benzene rings is 2. The van der Waals surface area contributed by atoms with Gasteiger partial charge in [-0.25, -0.2) is 0 Å². The van der Waals surface area contributed by atoms with Crippen LogP contribution in [0, 0.1) is 0 Å². The molecule has 1 aliphatic heterocycles. The van der Waals surface area contributed by atoms with E-state index in [4.69, 9.17) is 4.74 Å². The van der Waals surface area contributed by atoms with E-state index < -0.39 is 23.4 Å². The maximum Gasteiger partial charge on any atom is 0.345 e. The first-order valence-electron chi connectivity index (χ1n) is 7.99. The van der Waals surface area contributed by atoms with Gasteiger partial charge in [-0.3, -0.25) is 4.79 Å². The average molecular weight is 373 g/mol. The zero-order valence-electron chi connectivity index (χ0n) is 13.7. The molecular formula is C20H17F2NO2S.